The predicted octanol–water partition coefficient (Wildman–Crippen LogP) is 1.67. The van der Waals surface area contributed by atoms with Gasteiger partial charge in [-0.2, -0.15) is 0 Å². The molecule has 72 valence electrons. The Morgan fingerprint density at radius 3 is 2.85 bits per heavy atom. The van der Waals surface area contributed by atoms with Crippen LogP contribution >= 0.6 is 0 Å². The molecule has 1 unspecified atom stereocenters. The number of aliphatic hydroxyl groups is 1. The molecule has 1 atom stereocenters. The Morgan fingerprint density at radius 2 is 2.31 bits per heavy atom. The highest BCUT2D eigenvalue weighted by Gasteiger charge is 2.08. The maximum atomic E-state index is 8.89. The van der Waals surface area contributed by atoms with Crippen molar-refractivity contribution in [3.63, 3.8) is 0 Å². The van der Waals surface area contributed by atoms with Crippen LogP contribution in [0.3, 0.4) is 0 Å². The van der Waals surface area contributed by atoms with Crippen LogP contribution in [-0.2, 0) is 11.3 Å². The number of hydrogen-bond acceptors (Lipinski definition) is 3. The second kappa shape index (κ2) is 4.94. The van der Waals surface area contributed by atoms with Crippen LogP contribution in [0.5, 0.6) is 0 Å². The number of nitrogens with zero attached hydrogens (tertiary/aromatic N) is 1. The summed E-state index contributed by atoms with van der Waals surface area (Å²) in [5.41, 5.74) is 1.57. The third-order valence-electron chi connectivity index (χ3n) is 1.98. The van der Waals surface area contributed by atoms with Gasteiger partial charge in [0.2, 0.25) is 0 Å². The Bertz CT molecular complexity index is 259. The minimum Gasteiger partial charge on any atom is -0.390 e. The van der Waals surface area contributed by atoms with Gasteiger partial charge in [-0.25, -0.2) is 0 Å². The largest absolute Gasteiger partial charge is 0.390 e. The van der Waals surface area contributed by atoms with E-state index < -0.39 is 0 Å². The lowest BCUT2D eigenvalue weighted by atomic mass is 10.2. The van der Waals surface area contributed by atoms with Gasteiger partial charge in [0, 0.05) is 7.11 Å². The van der Waals surface area contributed by atoms with E-state index in [1.807, 2.05) is 19.1 Å². The van der Waals surface area contributed by atoms with Gasteiger partial charge in [0.1, 0.15) is 0 Å². The van der Waals surface area contributed by atoms with Crippen LogP contribution in [0, 0.1) is 0 Å². The minimum absolute atomic E-state index is 0.0199. The van der Waals surface area contributed by atoms with E-state index in [9.17, 15) is 0 Å². The molecule has 0 bridgehead atoms. The molecule has 0 fully saturated rings. The number of pyridine rings is 1. The number of aromatic nitrogens is 1. The Hall–Kier alpha value is -0.930. The first-order valence-electron chi connectivity index (χ1n) is 4.41. The summed E-state index contributed by atoms with van der Waals surface area (Å²) in [5.74, 6) is 0. The molecule has 3 nitrogen and oxygen atoms in total. The highest BCUT2D eigenvalue weighted by molar-refractivity contribution is 5.12. The quantitative estimate of drug-likeness (QED) is 0.768. The number of rotatable bonds is 4. The molecule has 0 saturated carbocycles. The van der Waals surface area contributed by atoms with E-state index in [-0.39, 0.29) is 12.7 Å². The van der Waals surface area contributed by atoms with Crippen molar-refractivity contribution in [2.45, 2.75) is 26.1 Å². The second-order valence-corrected chi connectivity index (χ2v) is 2.84. The molecular weight excluding hydrogens is 166 g/mol. The van der Waals surface area contributed by atoms with Gasteiger partial charge in [-0.05, 0) is 18.6 Å². The number of methoxy groups -OCH3 is 1. The van der Waals surface area contributed by atoms with Gasteiger partial charge in [0.05, 0.1) is 24.1 Å². The molecule has 1 aromatic rings. The molecule has 0 aliphatic carbocycles. The first kappa shape index (κ1) is 10.2. The van der Waals surface area contributed by atoms with Gasteiger partial charge in [0.25, 0.3) is 0 Å². The maximum absolute atomic E-state index is 8.89. The molecule has 1 rings (SSSR count). The van der Waals surface area contributed by atoms with Crippen LogP contribution in [0.1, 0.15) is 30.8 Å². The Labute approximate surface area is 78.4 Å². The summed E-state index contributed by atoms with van der Waals surface area (Å²) >= 11 is 0. The van der Waals surface area contributed by atoms with E-state index in [1.165, 1.54) is 0 Å². The molecule has 0 saturated heterocycles. The molecule has 0 aliphatic rings. The smallest absolute Gasteiger partial charge is 0.0988 e. The Balaban J connectivity index is 2.86. The van der Waals surface area contributed by atoms with Crippen molar-refractivity contribution >= 4 is 0 Å². The van der Waals surface area contributed by atoms with Crippen molar-refractivity contribution in [2.24, 2.45) is 0 Å². The van der Waals surface area contributed by atoms with Crippen LogP contribution in [0.2, 0.25) is 0 Å². The fourth-order valence-electron chi connectivity index (χ4n) is 1.26. The van der Waals surface area contributed by atoms with Crippen LogP contribution in [0.15, 0.2) is 18.2 Å². The predicted molar refractivity (Wildman–Crippen MR) is 50.2 cm³/mol. The fraction of sp³-hybridized carbons (Fsp3) is 0.500. The summed E-state index contributed by atoms with van der Waals surface area (Å²) in [6.45, 7) is 2.02. The van der Waals surface area contributed by atoms with Crippen LogP contribution in [0.4, 0.5) is 0 Å². The van der Waals surface area contributed by atoms with E-state index >= 15 is 0 Å². The first-order valence-corrected chi connectivity index (χ1v) is 4.41. The molecule has 3 heteroatoms. The van der Waals surface area contributed by atoms with Crippen molar-refractivity contribution in [2.75, 3.05) is 7.11 Å². The topological polar surface area (TPSA) is 42.4 Å². The lowest BCUT2D eigenvalue weighted by molar-refractivity contribution is 0.0960. The van der Waals surface area contributed by atoms with Crippen molar-refractivity contribution in [3.05, 3.63) is 29.6 Å². The molecular formula is C10H15NO2. The maximum Gasteiger partial charge on any atom is 0.0988 e. The molecule has 1 N–H and O–H groups in total. The molecule has 0 radical (unpaired) electrons. The molecule has 1 aromatic heterocycles. The zero-order chi connectivity index (χ0) is 9.68. The summed E-state index contributed by atoms with van der Waals surface area (Å²) in [7, 11) is 1.67. The van der Waals surface area contributed by atoms with Gasteiger partial charge in [-0.3, -0.25) is 4.98 Å². The third kappa shape index (κ3) is 2.50. The standard InChI is InChI=1S/C10H15NO2/c1-3-10(13-2)9-6-4-5-8(7-12)11-9/h4-6,10,12H,3,7H2,1-2H3. The summed E-state index contributed by atoms with van der Waals surface area (Å²) in [4.78, 5) is 4.26. The highest BCUT2D eigenvalue weighted by Crippen LogP contribution is 2.17. The van der Waals surface area contributed by atoms with E-state index in [0.717, 1.165) is 12.1 Å². The second-order valence-electron chi connectivity index (χ2n) is 2.84. The number of aliphatic hydroxyl groups excluding tert-OH is 1. The molecule has 0 aromatic carbocycles. The monoisotopic (exact) mass is 181 g/mol. The van der Waals surface area contributed by atoms with Crippen molar-refractivity contribution in [1.82, 2.24) is 4.98 Å². The molecule has 1 heterocycles. The van der Waals surface area contributed by atoms with Crippen molar-refractivity contribution in [3.8, 4) is 0 Å². The Kier molecular flexibility index (Phi) is 3.86. The van der Waals surface area contributed by atoms with Gasteiger partial charge in [0.15, 0.2) is 0 Å². The van der Waals surface area contributed by atoms with Gasteiger partial charge in [-0.1, -0.05) is 13.0 Å². The summed E-state index contributed by atoms with van der Waals surface area (Å²) < 4.78 is 5.24. The minimum atomic E-state index is -0.0199. The summed E-state index contributed by atoms with van der Waals surface area (Å²) in [5, 5.41) is 8.89. The highest BCUT2D eigenvalue weighted by atomic mass is 16.5. The molecule has 0 aliphatic heterocycles. The summed E-state index contributed by atoms with van der Waals surface area (Å²) in [6, 6.07) is 5.60. The zero-order valence-electron chi connectivity index (χ0n) is 8.03. The van der Waals surface area contributed by atoms with E-state index in [4.69, 9.17) is 9.84 Å². The van der Waals surface area contributed by atoms with Gasteiger partial charge in [-0.15, -0.1) is 0 Å². The molecule has 0 amide bonds. The molecule has 0 spiro atoms. The molecule has 13 heavy (non-hydrogen) atoms. The third-order valence-corrected chi connectivity index (χ3v) is 1.98. The lowest BCUT2D eigenvalue weighted by Gasteiger charge is -2.12. The van der Waals surface area contributed by atoms with E-state index in [2.05, 4.69) is 4.98 Å². The Morgan fingerprint density at radius 1 is 1.54 bits per heavy atom. The van der Waals surface area contributed by atoms with Crippen molar-refractivity contribution in [1.29, 1.82) is 0 Å². The van der Waals surface area contributed by atoms with Gasteiger partial charge < -0.3 is 9.84 Å². The normalized spacial score (nSPS) is 12.8. The first-order chi connectivity index (χ1) is 6.31. The zero-order valence-corrected chi connectivity index (χ0v) is 8.03. The van der Waals surface area contributed by atoms with Crippen molar-refractivity contribution < 1.29 is 9.84 Å². The van der Waals surface area contributed by atoms with E-state index in [1.54, 1.807) is 13.2 Å². The number of ether oxygens (including phenoxy) is 1. The SMILES string of the molecule is CCC(OC)c1cccc(CO)n1. The van der Waals surface area contributed by atoms with E-state index in [0.29, 0.717) is 5.69 Å². The van der Waals surface area contributed by atoms with Crippen LogP contribution in [-0.4, -0.2) is 17.2 Å². The fourth-order valence-corrected chi connectivity index (χ4v) is 1.26. The average molecular weight is 181 g/mol. The van der Waals surface area contributed by atoms with Gasteiger partial charge >= 0.3 is 0 Å². The average Bonchev–Trinajstić information content (AvgIpc) is 2.20. The van der Waals surface area contributed by atoms with Crippen LogP contribution in [0.25, 0.3) is 0 Å². The van der Waals surface area contributed by atoms with Crippen LogP contribution < -0.4 is 0 Å². The number of hydrogen-bond donors (Lipinski definition) is 1. The summed E-state index contributed by atoms with van der Waals surface area (Å²) in [6.07, 6.45) is 0.921. The lowest BCUT2D eigenvalue weighted by Crippen LogP contribution is -2.04.